The van der Waals surface area contributed by atoms with E-state index in [1.165, 1.54) is 12.0 Å². The number of rotatable bonds is 6. The van der Waals surface area contributed by atoms with Crippen molar-refractivity contribution in [3.05, 3.63) is 59.7 Å². The fourth-order valence-electron chi connectivity index (χ4n) is 3.98. The van der Waals surface area contributed by atoms with Crippen molar-refractivity contribution in [3.63, 3.8) is 0 Å². The van der Waals surface area contributed by atoms with E-state index in [-0.39, 0.29) is 12.8 Å². The van der Waals surface area contributed by atoms with Crippen molar-refractivity contribution in [2.24, 2.45) is 0 Å². The zero-order valence-electron chi connectivity index (χ0n) is 18.1. The van der Waals surface area contributed by atoms with Crippen LogP contribution in [0.5, 0.6) is 0 Å². The summed E-state index contributed by atoms with van der Waals surface area (Å²) < 4.78 is 10.3. The van der Waals surface area contributed by atoms with E-state index < -0.39 is 35.7 Å². The van der Waals surface area contributed by atoms with Crippen LogP contribution < -0.4 is 0 Å². The van der Waals surface area contributed by atoms with Crippen LogP contribution in [0.3, 0.4) is 0 Å². The first-order chi connectivity index (χ1) is 14.6. The van der Waals surface area contributed by atoms with Crippen LogP contribution in [-0.4, -0.2) is 46.8 Å². The topological polar surface area (TPSA) is 93.1 Å². The van der Waals surface area contributed by atoms with Crippen molar-refractivity contribution in [1.82, 2.24) is 4.90 Å². The molecule has 2 aromatic rings. The second-order valence-electron chi connectivity index (χ2n) is 8.43. The third-order valence-corrected chi connectivity index (χ3v) is 5.13. The van der Waals surface area contributed by atoms with Gasteiger partial charge in [-0.1, -0.05) is 48.5 Å². The molecule has 0 saturated carbocycles. The molecule has 164 valence electrons. The molecular weight excluding hydrogens is 398 g/mol. The van der Waals surface area contributed by atoms with Crippen molar-refractivity contribution in [2.75, 3.05) is 7.11 Å². The Morgan fingerprint density at radius 1 is 1.00 bits per heavy atom. The van der Waals surface area contributed by atoms with Crippen LogP contribution in [0.15, 0.2) is 48.5 Å². The number of nitrogens with zero attached hydrogens (tertiary/aromatic N) is 1. The van der Waals surface area contributed by atoms with Crippen LogP contribution in [0.1, 0.15) is 50.8 Å². The summed E-state index contributed by atoms with van der Waals surface area (Å²) in [6.45, 7) is 5.23. The zero-order chi connectivity index (χ0) is 22.8. The molecule has 0 unspecified atom stereocenters. The molecule has 0 fully saturated rings. The summed E-state index contributed by atoms with van der Waals surface area (Å²) in [5.41, 5.74) is 2.83. The lowest BCUT2D eigenvalue weighted by Gasteiger charge is -2.34. The molecule has 7 nitrogen and oxygen atoms in total. The van der Waals surface area contributed by atoms with Gasteiger partial charge in [-0.05, 0) is 49.4 Å². The molecule has 0 radical (unpaired) electrons. The van der Waals surface area contributed by atoms with E-state index in [9.17, 15) is 19.5 Å². The molecule has 0 saturated heterocycles. The number of esters is 1. The predicted octanol–water partition coefficient (Wildman–Crippen LogP) is 4.40. The number of amides is 1. The van der Waals surface area contributed by atoms with Crippen LogP contribution in [0.25, 0.3) is 11.1 Å². The normalized spacial score (nSPS) is 13.7. The zero-order valence-corrected chi connectivity index (χ0v) is 18.1. The van der Waals surface area contributed by atoms with Gasteiger partial charge in [0, 0.05) is 6.42 Å². The van der Waals surface area contributed by atoms with Gasteiger partial charge >= 0.3 is 18.0 Å². The van der Waals surface area contributed by atoms with Gasteiger partial charge in [-0.3, -0.25) is 9.69 Å². The number of hydrogen-bond donors (Lipinski definition) is 1. The Morgan fingerprint density at radius 2 is 1.52 bits per heavy atom. The molecule has 31 heavy (non-hydrogen) atoms. The first kappa shape index (κ1) is 22.3. The van der Waals surface area contributed by atoms with Gasteiger partial charge in [0.15, 0.2) is 0 Å². The van der Waals surface area contributed by atoms with Gasteiger partial charge in [0.05, 0.1) is 13.2 Å². The van der Waals surface area contributed by atoms with E-state index >= 15 is 0 Å². The third kappa shape index (κ3) is 4.71. The first-order valence-electron chi connectivity index (χ1n) is 10.1. The Labute approximate surface area is 181 Å². The van der Waals surface area contributed by atoms with E-state index in [0.717, 1.165) is 22.3 Å². The van der Waals surface area contributed by atoms with Crippen LogP contribution in [0.4, 0.5) is 4.79 Å². The molecule has 2 aromatic carbocycles. The highest BCUT2D eigenvalue weighted by molar-refractivity contribution is 5.85. The van der Waals surface area contributed by atoms with Gasteiger partial charge in [-0.25, -0.2) is 9.59 Å². The Morgan fingerprint density at radius 3 is 1.97 bits per heavy atom. The summed E-state index contributed by atoms with van der Waals surface area (Å²) in [4.78, 5) is 38.5. The summed E-state index contributed by atoms with van der Waals surface area (Å²) in [5.74, 6) is -1.73. The highest BCUT2D eigenvalue weighted by Crippen LogP contribution is 2.47. The summed E-state index contributed by atoms with van der Waals surface area (Å²) in [6.07, 6.45) is -1.01. The Kier molecular flexibility index (Phi) is 6.34. The van der Waals surface area contributed by atoms with Gasteiger partial charge < -0.3 is 14.6 Å². The maximum absolute atomic E-state index is 12.9. The summed E-state index contributed by atoms with van der Waals surface area (Å²) in [7, 11) is 1.22. The van der Waals surface area contributed by atoms with E-state index in [0.29, 0.717) is 0 Å². The summed E-state index contributed by atoms with van der Waals surface area (Å²) >= 11 is 0. The van der Waals surface area contributed by atoms with E-state index in [1.807, 2.05) is 48.5 Å². The largest absolute Gasteiger partial charge is 0.480 e. The molecule has 3 rings (SSSR count). The maximum atomic E-state index is 12.9. The second kappa shape index (κ2) is 8.79. The molecule has 0 spiro atoms. The van der Waals surface area contributed by atoms with Crippen LogP contribution in [0, 0.1) is 0 Å². The van der Waals surface area contributed by atoms with E-state index in [4.69, 9.17) is 9.47 Å². The summed E-state index contributed by atoms with van der Waals surface area (Å²) in [5, 5.41) is 9.99. The summed E-state index contributed by atoms with van der Waals surface area (Å²) in [6, 6.07) is 13.2. The molecule has 0 bridgehead atoms. The minimum Gasteiger partial charge on any atom is -0.480 e. The number of carbonyl (C=O) groups excluding carboxylic acids is 2. The fourth-order valence-corrected chi connectivity index (χ4v) is 3.98. The number of carbonyl (C=O) groups is 3. The van der Waals surface area contributed by atoms with Gasteiger partial charge in [0.1, 0.15) is 11.6 Å². The second-order valence-corrected chi connectivity index (χ2v) is 8.43. The Bertz CT molecular complexity index is 948. The quantitative estimate of drug-likeness (QED) is 0.690. The molecule has 1 aliphatic rings. The maximum Gasteiger partial charge on any atom is 0.411 e. The molecule has 0 aromatic heterocycles. The fraction of sp³-hybridized carbons (Fsp3) is 0.375. The van der Waals surface area contributed by atoms with Crippen molar-refractivity contribution in [2.45, 2.75) is 51.3 Å². The van der Waals surface area contributed by atoms with E-state index in [1.54, 1.807) is 20.8 Å². The number of fused-ring (bicyclic) bond motifs is 3. The number of carboxylic acids is 1. The molecular formula is C24H27NO6. The SMILES string of the molecule is COC(=O)N(C1c2ccccc2-c2ccccc21)[C@@H](CCC(=O)OC(C)(C)C)C(=O)O. The first-order valence-corrected chi connectivity index (χ1v) is 10.1. The lowest BCUT2D eigenvalue weighted by Crippen LogP contribution is -2.47. The lowest BCUT2D eigenvalue weighted by atomic mass is 10.00. The van der Waals surface area contributed by atoms with Crippen molar-refractivity contribution in [3.8, 4) is 11.1 Å². The number of ether oxygens (including phenoxy) is 2. The molecule has 0 heterocycles. The monoisotopic (exact) mass is 425 g/mol. The minimum atomic E-state index is -1.27. The Balaban J connectivity index is 2.00. The highest BCUT2D eigenvalue weighted by atomic mass is 16.6. The molecule has 7 heteroatoms. The van der Waals surface area contributed by atoms with Gasteiger partial charge in [-0.15, -0.1) is 0 Å². The number of carboxylic acid groups (broad SMARTS) is 1. The predicted molar refractivity (Wildman–Crippen MR) is 114 cm³/mol. The van der Waals surface area contributed by atoms with Gasteiger partial charge in [0.2, 0.25) is 0 Å². The minimum absolute atomic E-state index is 0.0970. The van der Waals surface area contributed by atoms with Crippen LogP contribution in [-0.2, 0) is 19.1 Å². The molecule has 1 amide bonds. The number of methoxy groups -OCH3 is 1. The van der Waals surface area contributed by atoms with Crippen molar-refractivity contribution >= 4 is 18.0 Å². The number of benzene rings is 2. The van der Waals surface area contributed by atoms with Crippen LogP contribution >= 0.6 is 0 Å². The average molecular weight is 425 g/mol. The molecule has 1 atom stereocenters. The van der Waals surface area contributed by atoms with Gasteiger partial charge in [-0.2, -0.15) is 0 Å². The van der Waals surface area contributed by atoms with Gasteiger partial charge in [0.25, 0.3) is 0 Å². The van der Waals surface area contributed by atoms with Crippen molar-refractivity contribution in [1.29, 1.82) is 0 Å². The average Bonchev–Trinajstić information content (AvgIpc) is 3.03. The van der Waals surface area contributed by atoms with Crippen molar-refractivity contribution < 1.29 is 29.0 Å². The standard InChI is InChI=1S/C24H27NO6/c1-24(2,3)31-20(26)14-13-19(22(27)28)25(23(29)30-4)21-17-11-7-5-9-15(17)16-10-6-8-12-18(16)21/h5-12,19,21H,13-14H2,1-4H3,(H,27,28)/t19-/m0/s1. The smallest absolute Gasteiger partial charge is 0.411 e. The molecule has 0 aliphatic heterocycles. The third-order valence-electron chi connectivity index (χ3n) is 5.13. The highest BCUT2D eigenvalue weighted by Gasteiger charge is 2.42. The molecule has 1 aliphatic carbocycles. The molecule has 1 N–H and O–H groups in total. The Hall–Kier alpha value is -3.35. The lowest BCUT2D eigenvalue weighted by molar-refractivity contribution is -0.155. The van der Waals surface area contributed by atoms with E-state index in [2.05, 4.69) is 0 Å². The van der Waals surface area contributed by atoms with Crippen LogP contribution in [0.2, 0.25) is 0 Å². The number of hydrogen-bond acceptors (Lipinski definition) is 5. The number of aliphatic carboxylic acids is 1.